The van der Waals surface area contributed by atoms with Crippen LogP contribution in [0.3, 0.4) is 0 Å². The van der Waals surface area contributed by atoms with Crippen LogP contribution in [0.4, 0.5) is 0 Å². The third-order valence-electron chi connectivity index (χ3n) is 3.35. The topological polar surface area (TPSA) is 34.2 Å². The predicted octanol–water partition coefficient (Wildman–Crippen LogP) is 4.50. The fourth-order valence-electron chi connectivity index (χ4n) is 2.01. The molecule has 1 aromatic carbocycles. The molecule has 0 atom stereocenters. The first-order valence-corrected chi connectivity index (χ1v) is 7.50. The van der Waals surface area contributed by atoms with Crippen molar-refractivity contribution in [3.63, 3.8) is 0 Å². The Kier molecular flexibility index (Phi) is 5.34. The second-order valence-electron chi connectivity index (χ2n) is 5.84. The van der Waals surface area contributed by atoms with Crippen molar-refractivity contribution in [3.8, 4) is 11.5 Å². The molecule has 0 amide bonds. The van der Waals surface area contributed by atoms with E-state index in [2.05, 4.69) is 50.1 Å². The lowest BCUT2D eigenvalue weighted by atomic mass is 10.0. The number of aromatic nitrogens is 1. The summed E-state index contributed by atoms with van der Waals surface area (Å²) in [6.45, 7) is 9.41. The van der Waals surface area contributed by atoms with E-state index in [9.17, 15) is 0 Å². The van der Waals surface area contributed by atoms with Crippen molar-refractivity contribution in [2.45, 2.75) is 46.2 Å². The third kappa shape index (κ3) is 4.57. The first-order valence-electron chi connectivity index (χ1n) is 7.50. The van der Waals surface area contributed by atoms with Gasteiger partial charge in [0.2, 0.25) is 0 Å². The van der Waals surface area contributed by atoms with Crippen molar-refractivity contribution < 1.29 is 4.74 Å². The summed E-state index contributed by atoms with van der Waals surface area (Å²) >= 11 is 0. The highest BCUT2D eigenvalue weighted by atomic mass is 16.5. The SMILES string of the molecule is CC(C)NCc1ccncc1Oc1ccc(C(C)C)cc1. The average Bonchev–Trinajstić information content (AvgIpc) is 2.47. The minimum atomic E-state index is 0.441. The van der Waals surface area contributed by atoms with Gasteiger partial charge < -0.3 is 10.1 Å². The molecule has 0 spiro atoms. The summed E-state index contributed by atoms with van der Waals surface area (Å²) in [6, 6.07) is 10.7. The monoisotopic (exact) mass is 284 g/mol. The van der Waals surface area contributed by atoms with Gasteiger partial charge in [0.15, 0.2) is 0 Å². The smallest absolute Gasteiger partial charge is 0.150 e. The number of ether oxygens (including phenoxy) is 1. The van der Waals surface area contributed by atoms with Gasteiger partial charge in [-0.05, 0) is 29.7 Å². The molecule has 1 heterocycles. The van der Waals surface area contributed by atoms with Crippen LogP contribution in [-0.2, 0) is 6.54 Å². The Bertz CT molecular complexity index is 562. The molecule has 3 nitrogen and oxygen atoms in total. The maximum Gasteiger partial charge on any atom is 0.150 e. The molecule has 0 fully saturated rings. The second-order valence-corrected chi connectivity index (χ2v) is 5.84. The lowest BCUT2D eigenvalue weighted by Gasteiger charge is -2.13. The van der Waals surface area contributed by atoms with E-state index >= 15 is 0 Å². The Morgan fingerprint density at radius 1 is 1.05 bits per heavy atom. The van der Waals surface area contributed by atoms with Crippen LogP contribution < -0.4 is 10.1 Å². The van der Waals surface area contributed by atoms with Crippen molar-refractivity contribution in [1.29, 1.82) is 0 Å². The van der Waals surface area contributed by atoms with E-state index in [0.29, 0.717) is 12.0 Å². The van der Waals surface area contributed by atoms with Gasteiger partial charge in [-0.2, -0.15) is 0 Å². The summed E-state index contributed by atoms with van der Waals surface area (Å²) in [4.78, 5) is 4.16. The highest BCUT2D eigenvalue weighted by Crippen LogP contribution is 2.26. The molecular formula is C18H24N2O. The molecule has 0 bridgehead atoms. The average molecular weight is 284 g/mol. The largest absolute Gasteiger partial charge is 0.455 e. The van der Waals surface area contributed by atoms with E-state index in [4.69, 9.17) is 4.74 Å². The Hall–Kier alpha value is -1.87. The van der Waals surface area contributed by atoms with Gasteiger partial charge >= 0.3 is 0 Å². The number of benzene rings is 1. The van der Waals surface area contributed by atoms with E-state index in [1.807, 2.05) is 18.2 Å². The van der Waals surface area contributed by atoms with Crippen molar-refractivity contribution >= 4 is 0 Å². The van der Waals surface area contributed by atoms with Gasteiger partial charge in [0, 0.05) is 24.3 Å². The maximum absolute atomic E-state index is 5.97. The molecule has 0 aliphatic rings. The molecular weight excluding hydrogens is 260 g/mol. The summed E-state index contributed by atoms with van der Waals surface area (Å²) in [7, 11) is 0. The summed E-state index contributed by atoms with van der Waals surface area (Å²) < 4.78 is 5.97. The molecule has 112 valence electrons. The zero-order valence-corrected chi connectivity index (χ0v) is 13.3. The van der Waals surface area contributed by atoms with Crippen LogP contribution >= 0.6 is 0 Å². The minimum Gasteiger partial charge on any atom is -0.455 e. The molecule has 0 aliphatic heterocycles. The van der Waals surface area contributed by atoms with Crippen molar-refractivity contribution in [3.05, 3.63) is 53.9 Å². The summed E-state index contributed by atoms with van der Waals surface area (Å²) in [5.41, 5.74) is 2.43. The highest BCUT2D eigenvalue weighted by Gasteiger charge is 2.06. The van der Waals surface area contributed by atoms with Gasteiger partial charge in [-0.25, -0.2) is 0 Å². The summed E-state index contributed by atoms with van der Waals surface area (Å²) in [5.74, 6) is 2.18. The normalized spacial score (nSPS) is 11.1. The minimum absolute atomic E-state index is 0.441. The van der Waals surface area contributed by atoms with Gasteiger partial charge in [0.25, 0.3) is 0 Å². The fourth-order valence-corrected chi connectivity index (χ4v) is 2.01. The number of hydrogen-bond acceptors (Lipinski definition) is 3. The Morgan fingerprint density at radius 2 is 1.76 bits per heavy atom. The Balaban J connectivity index is 2.11. The van der Waals surface area contributed by atoms with Gasteiger partial charge in [0.05, 0.1) is 6.20 Å². The molecule has 0 saturated carbocycles. The van der Waals surface area contributed by atoms with Crippen LogP contribution in [0.5, 0.6) is 11.5 Å². The third-order valence-corrected chi connectivity index (χ3v) is 3.35. The van der Waals surface area contributed by atoms with Gasteiger partial charge in [-0.3, -0.25) is 4.98 Å². The molecule has 0 saturated heterocycles. The number of pyridine rings is 1. The lowest BCUT2D eigenvalue weighted by molar-refractivity contribution is 0.466. The number of hydrogen-bond donors (Lipinski definition) is 1. The van der Waals surface area contributed by atoms with E-state index < -0.39 is 0 Å². The van der Waals surface area contributed by atoms with Crippen LogP contribution in [0.2, 0.25) is 0 Å². The molecule has 2 rings (SSSR count). The number of nitrogens with zero attached hydrogens (tertiary/aromatic N) is 1. The molecule has 0 unspecified atom stereocenters. The van der Waals surface area contributed by atoms with E-state index in [1.165, 1.54) is 5.56 Å². The summed E-state index contributed by atoms with van der Waals surface area (Å²) in [6.07, 6.45) is 3.57. The van der Waals surface area contributed by atoms with Crippen LogP contribution in [0.15, 0.2) is 42.7 Å². The number of nitrogens with one attached hydrogen (secondary N) is 1. The summed E-state index contributed by atoms with van der Waals surface area (Å²) in [5, 5.41) is 3.40. The quantitative estimate of drug-likeness (QED) is 0.848. The zero-order valence-electron chi connectivity index (χ0n) is 13.3. The highest BCUT2D eigenvalue weighted by molar-refractivity contribution is 5.37. The molecule has 2 aromatic rings. The van der Waals surface area contributed by atoms with Crippen molar-refractivity contribution in [2.75, 3.05) is 0 Å². The van der Waals surface area contributed by atoms with E-state index in [0.717, 1.165) is 23.6 Å². The van der Waals surface area contributed by atoms with Gasteiger partial charge in [0.1, 0.15) is 11.5 Å². The molecule has 0 radical (unpaired) electrons. The number of rotatable bonds is 6. The second kappa shape index (κ2) is 7.23. The van der Waals surface area contributed by atoms with Crippen LogP contribution in [-0.4, -0.2) is 11.0 Å². The lowest BCUT2D eigenvalue weighted by Crippen LogP contribution is -2.22. The van der Waals surface area contributed by atoms with Crippen molar-refractivity contribution in [2.24, 2.45) is 0 Å². The van der Waals surface area contributed by atoms with Crippen LogP contribution in [0.1, 0.15) is 44.7 Å². The first kappa shape index (κ1) is 15.5. The van der Waals surface area contributed by atoms with Crippen LogP contribution in [0, 0.1) is 0 Å². The van der Waals surface area contributed by atoms with Gasteiger partial charge in [-0.1, -0.05) is 39.8 Å². The zero-order chi connectivity index (χ0) is 15.2. The molecule has 21 heavy (non-hydrogen) atoms. The molecule has 1 N–H and O–H groups in total. The Morgan fingerprint density at radius 3 is 2.38 bits per heavy atom. The standard InChI is InChI=1S/C18H24N2O/c1-13(2)15-5-7-17(8-6-15)21-18-12-19-10-9-16(18)11-20-14(3)4/h5-10,12-14,20H,11H2,1-4H3. The molecule has 1 aromatic heterocycles. The fraction of sp³-hybridized carbons (Fsp3) is 0.389. The predicted molar refractivity (Wildman–Crippen MR) is 86.8 cm³/mol. The van der Waals surface area contributed by atoms with Crippen LogP contribution in [0.25, 0.3) is 0 Å². The molecule has 0 aliphatic carbocycles. The van der Waals surface area contributed by atoms with Gasteiger partial charge in [-0.15, -0.1) is 0 Å². The van der Waals surface area contributed by atoms with E-state index in [-0.39, 0.29) is 0 Å². The first-order chi connectivity index (χ1) is 10.1. The van der Waals surface area contributed by atoms with Crippen molar-refractivity contribution in [1.82, 2.24) is 10.3 Å². The molecule has 3 heteroatoms. The maximum atomic E-state index is 5.97. The Labute approximate surface area is 127 Å². The van der Waals surface area contributed by atoms with E-state index in [1.54, 1.807) is 12.4 Å².